The summed E-state index contributed by atoms with van der Waals surface area (Å²) in [6, 6.07) is 0. The van der Waals surface area contributed by atoms with E-state index in [0.29, 0.717) is 12.4 Å². The minimum Gasteiger partial charge on any atom is -0.492 e. The molecule has 3 fully saturated rings. The Bertz CT molecular complexity index is 610. The molecule has 5 atom stereocenters. The fourth-order valence-corrected chi connectivity index (χ4v) is 4.56. The highest BCUT2D eigenvalue weighted by Crippen LogP contribution is 2.87. The predicted molar refractivity (Wildman–Crippen MR) is 76.0 cm³/mol. The van der Waals surface area contributed by atoms with Crippen molar-refractivity contribution in [2.45, 2.75) is 20.0 Å². The predicted octanol–water partition coefficient (Wildman–Crippen LogP) is 0.473. The minimum atomic E-state index is -1.01. The van der Waals surface area contributed by atoms with Crippen molar-refractivity contribution in [1.29, 1.82) is 0 Å². The summed E-state index contributed by atoms with van der Waals surface area (Å²) in [4.78, 5) is 36.2. The van der Waals surface area contributed by atoms with E-state index in [2.05, 4.69) is 0 Å². The molecule has 126 valence electrons. The monoisotopic (exact) mass is 324 g/mol. The Morgan fingerprint density at radius 1 is 1.26 bits per heavy atom. The molecule has 3 aliphatic rings. The van der Waals surface area contributed by atoms with Gasteiger partial charge in [-0.1, -0.05) is 0 Å². The zero-order chi connectivity index (χ0) is 17.0. The SMILES string of the molecule is CCOC[C@@]12/C(=C/C(C)=O)O[C@H]3C1[C@@]3(C(=O)OC)[C@@H]2C(=O)OC. The molecule has 0 radical (unpaired) electrons. The maximum absolute atomic E-state index is 12.4. The fourth-order valence-electron chi connectivity index (χ4n) is 4.56. The Kier molecular flexibility index (Phi) is 3.51. The normalized spacial score (nSPS) is 40.7. The summed E-state index contributed by atoms with van der Waals surface area (Å²) >= 11 is 0. The van der Waals surface area contributed by atoms with Gasteiger partial charge in [0.1, 0.15) is 17.3 Å². The van der Waals surface area contributed by atoms with Crippen molar-refractivity contribution in [3.63, 3.8) is 0 Å². The Labute approximate surface area is 133 Å². The molecule has 0 spiro atoms. The number of carbonyl (C=O) groups is 3. The number of methoxy groups -OCH3 is 2. The Balaban J connectivity index is 2.06. The molecule has 3 rings (SSSR count). The van der Waals surface area contributed by atoms with Gasteiger partial charge < -0.3 is 18.9 Å². The van der Waals surface area contributed by atoms with Gasteiger partial charge >= 0.3 is 11.9 Å². The molecule has 23 heavy (non-hydrogen) atoms. The minimum absolute atomic E-state index is 0.184. The summed E-state index contributed by atoms with van der Waals surface area (Å²) in [5.41, 5.74) is -1.83. The average Bonchev–Trinajstić information content (AvgIpc) is 2.98. The highest BCUT2D eigenvalue weighted by molar-refractivity contribution is 5.97. The smallest absolute Gasteiger partial charge is 0.317 e. The van der Waals surface area contributed by atoms with Crippen molar-refractivity contribution >= 4 is 17.7 Å². The van der Waals surface area contributed by atoms with Crippen LogP contribution in [-0.4, -0.2) is 51.3 Å². The van der Waals surface area contributed by atoms with Gasteiger partial charge in [-0.2, -0.15) is 0 Å². The number of ether oxygens (including phenoxy) is 4. The van der Waals surface area contributed by atoms with Gasteiger partial charge in [0.15, 0.2) is 5.78 Å². The average molecular weight is 324 g/mol. The van der Waals surface area contributed by atoms with Crippen molar-refractivity contribution in [3.05, 3.63) is 11.8 Å². The van der Waals surface area contributed by atoms with E-state index in [1.807, 2.05) is 6.92 Å². The number of ketones is 1. The second kappa shape index (κ2) is 5.06. The van der Waals surface area contributed by atoms with Crippen LogP contribution < -0.4 is 0 Å². The largest absolute Gasteiger partial charge is 0.492 e. The molecule has 0 aromatic rings. The van der Waals surface area contributed by atoms with E-state index in [9.17, 15) is 14.4 Å². The third-order valence-corrected chi connectivity index (χ3v) is 5.29. The Morgan fingerprint density at radius 2 is 1.96 bits per heavy atom. The third kappa shape index (κ3) is 1.66. The number of fused-ring (bicyclic) bond motifs is 1. The van der Waals surface area contributed by atoms with Crippen LogP contribution in [-0.2, 0) is 33.3 Å². The number of rotatable bonds is 6. The third-order valence-electron chi connectivity index (χ3n) is 5.29. The molecule has 0 bridgehead atoms. The molecular weight excluding hydrogens is 304 g/mol. The van der Waals surface area contributed by atoms with Crippen molar-refractivity contribution in [2.24, 2.45) is 22.7 Å². The molecule has 7 nitrogen and oxygen atoms in total. The van der Waals surface area contributed by atoms with Gasteiger partial charge in [0.2, 0.25) is 0 Å². The zero-order valence-corrected chi connectivity index (χ0v) is 13.6. The molecule has 7 heteroatoms. The van der Waals surface area contributed by atoms with Crippen molar-refractivity contribution in [3.8, 4) is 0 Å². The van der Waals surface area contributed by atoms with E-state index in [0.717, 1.165) is 0 Å². The number of carbonyl (C=O) groups excluding carboxylic acids is 3. The van der Waals surface area contributed by atoms with Crippen LogP contribution in [0.2, 0.25) is 0 Å². The number of hydrogen-bond donors (Lipinski definition) is 0. The van der Waals surface area contributed by atoms with Crippen molar-refractivity contribution in [2.75, 3.05) is 27.4 Å². The van der Waals surface area contributed by atoms with Crippen molar-refractivity contribution in [1.82, 2.24) is 0 Å². The second-order valence-electron chi connectivity index (χ2n) is 6.19. The first kappa shape index (κ1) is 16.0. The van der Waals surface area contributed by atoms with E-state index in [1.165, 1.54) is 27.2 Å². The van der Waals surface area contributed by atoms with Crippen LogP contribution in [0.4, 0.5) is 0 Å². The fraction of sp³-hybridized carbons (Fsp3) is 0.688. The summed E-state index contributed by atoms with van der Waals surface area (Å²) < 4.78 is 21.2. The highest BCUT2D eigenvalue weighted by Gasteiger charge is 2.99. The van der Waals surface area contributed by atoms with Crippen LogP contribution in [0.1, 0.15) is 13.8 Å². The standard InChI is InChI=1S/C16H20O7/c1-5-22-7-15-9(6-8(2)17)23-12-10(15)16(12,14(19)21-4)11(15)13(18)20-3/h6,10-12H,5,7H2,1-4H3/b9-6-/t10?,11-,12+,15-,16-/m1/s1. The van der Waals surface area contributed by atoms with Crippen LogP contribution in [0.15, 0.2) is 11.8 Å². The molecular formula is C16H20O7. The molecule has 0 amide bonds. The molecule has 1 aliphatic heterocycles. The zero-order valence-electron chi connectivity index (χ0n) is 13.6. The molecule has 2 saturated carbocycles. The summed E-state index contributed by atoms with van der Waals surface area (Å²) in [6.45, 7) is 3.90. The van der Waals surface area contributed by atoms with Gasteiger partial charge in [0.05, 0.1) is 32.2 Å². The lowest BCUT2D eigenvalue weighted by Crippen LogP contribution is -2.61. The van der Waals surface area contributed by atoms with Crippen LogP contribution in [0.25, 0.3) is 0 Å². The highest BCUT2D eigenvalue weighted by atomic mass is 16.6. The van der Waals surface area contributed by atoms with Crippen LogP contribution in [0.3, 0.4) is 0 Å². The molecule has 0 aromatic heterocycles. The Morgan fingerprint density at radius 3 is 2.48 bits per heavy atom. The number of hydrogen-bond acceptors (Lipinski definition) is 7. The van der Waals surface area contributed by atoms with E-state index in [4.69, 9.17) is 18.9 Å². The number of esters is 2. The topological polar surface area (TPSA) is 88.1 Å². The van der Waals surface area contributed by atoms with E-state index < -0.39 is 34.8 Å². The summed E-state index contributed by atoms with van der Waals surface area (Å²) in [5, 5.41) is 0. The lowest BCUT2D eigenvalue weighted by atomic mass is 9.52. The van der Waals surface area contributed by atoms with Gasteiger partial charge in [-0.3, -0.25) is 14.4 Å². The summed E-state index contributed by atoms with van der Waals surface area (Å²) in [7, 11) is 2.56. The van der Waals surface area contributed by atoms with Gasteiger partial charge in [-0.15, -0.1) is 0 Å². The van der Waals surface area contributed by atoms with Gasteiger partial charge in [0, 0.05) is 18.6 Å². The number of allylic oxidation sites excluding steroid dienone is 1. The first-order valence-corrected chi connectivity index (χ1v) is 7.56. The summed E-state index contributed by atoms with van der Waals surface area (Å²) in [6.07, 6.45) is 0.910. The maximum Gasteiger partial charge on any atom is 0.317 e. The van der Waals surface area contributed by atoms with E-state index >= 15 is 0 Å². The van der Waals surface area contributed by atoms with Crippen LogP contribution in [0, 0.1) is 22.7 Å². The van der Waals surface area contributed by atoms with Gasteiger partial charge in [-0.25, -0.2) is 0 Å². The van der Waals surface area contributed by atoms with Crippen molar-refractivity contribution < 1.29 is 33.3 Å². The lowest BCUT2D eigenvalue weighted by Gasteiger charge is -2.50. The van der Waals surface area contributed by atoms with E-state index in [1.54, 1.807) is 0 Å². The molecule has 0 N–H and O–H groups in total. The molecule has 1 heterocycles. The molecule has 1 saturated heterocycles. The quantitative estimate of drug-likeness (QED) is 0.518. The second-order valence-corrected chi connectivity index (χ2v) is 6.19. The first-order valence-electron chi connectivity index (χ1n) is 7.56. The maximum atomic E-state index is 12.4. The molecule has 2 aliphatic carbocycles. The van der Waals surface area contributed by atoms with Crippen LogP contribution >= 0.6 is 0 Å². The first-order chi connectivity index (χ1) is 10.9. The van der Waals surface area contributed by atoms with E-state index in [-0.39, 0.29) is 18.3 Å². The Hall–Kier alpha value is -1.89. The lowest BCUT2D eigenvalue weighted by molar-refractivity contribution is -0.194. The summed E-state index contributed by atoms with van der Waals surface area (Å²) in [5.74, 6) is -1.73. The van der Waals surface area contributed by atoms with Gasteiger partial charge in [0.25, 0.3) is 0 Å². The molecule has 1 unspecified atom stereocenters. The van der Waals surface area contributed by atoms with Crippen LogP contribution in [0.5, 0.6) is 0 Å². The van der Waals surface area contributed by atoms with Gasteiger partial charge in [-0.05, 0) is 13.8 Å². The molecule has 0 aromatic carbocycles.